The molecule has 0 fully saturated rings. The molecule has 4 aromatic heterocycles. The van der Waals surface area contributed by atoms with Gasteiger partial charge in [-0.15, -0.1) is 0 Å². The zero-order chi connectivity index (χ0) is 42.3. The fourth-order valence-corrected chi connectivity index (χ4v) is 11.3. The normalized spacial score (nSPS) is 12.6. The number of rotatable bonds is 4. The van der Waals surface area contributed by atoms with Crippen LogP contribution in [0.1, 0.15) is 11.1 Å². The first-order valence-electron chi connectivity index (χ1n) is 22.4. The number of aromatic nitrogens is 2. The zero-order valence-corrected chi connectivity index (χ0v) is 35.0. The lowest BCUT2D eigenvalue weighted by Crippen LogP contribution is -1.99. The number of fused-ring (bicyclic) bond motifs is 15. The van der Waals surface area contributed by atoms with Crippen LogP contribution < -0.4 is 0 Å². The van der Waals surface area contributed by atoms with Gasteiger partial charge in [-0.3, -0.25) is 0 Å². The fraction of sp³-hybridized carbons (Fsp3) is 0.0164. The van der Waals surface area contributed by atoms with Crippen molar-refractivity contribution in [2.45, 2.75) is 6.42 Å². The van der Waals surface area contributed by atoms with Crippen LogP contribution in [0.2, 0.25) is 0 Å². The summed E-state index contributed by atoms with van der Waals surface area (Å²) in [4.78, 5) is 0. The van der Waals surface area contributed by atoms with E-state index in [-0.39, 0.29) is 0 Å². The molecule has 0 spiro atoms. The number of furan rings is 2. The predicted molar refractivity (Wildman–Crippen MR) is 269 cm³/mol. The third-order valence-electron chi connectivity index (χ3n) is 14.2. The summed E-state index contributed by atoms with van der Waals surface area (Å²) < 4.78 is 17.9. The van der Waals surface area contributed by atoms with Gasteiger partial charge in [0.15, 0.2) is 0 Å². The molecule has 0 N–H and O–H groups in total. The van der Waals surface area contributed by atoms with Gasteiger partial charge in [0.2, 0.25) is 0 Å². The molecular weight excluding hydrogens is 793 g/mol. The maximum absolute atomic E-state index is 6.50. The van der Waals surface area contributed by atoms with Crippen LogP contribution in [0.4, 0.5) is 0 Å². The van der Waals surface area contributed by atoms with Crippen molar-refractivity contribution in [1.29, 1.82) is 0 Å². The maximum Gasteiger partial charge on any atom is 0.143 e. The average molecular weight is 829 g/mol. The summed E-state index contributed by atoms with van der Waals surface area (Å²) in [5.74, 6) is 0. The Kier molecular flexibility index (Phi) is 6.97. The second-order valence-electron chi connectivity index (χ2n) is 17.6. The van der Waals surface area contributed by atoms with Crippen LogP contribution in [0.25, 0.3) is 132 Å². The van der Waals surface area contributed by atoms with E-state index in [9.17, 15) is 0 Å². The van der Waals surface area contributed by atoms with Crippen molar-refractivity contribution in [3.05, 3.63) is 217 Å². The predicted octanol–water partition coefficient (Wildman–Crippen LogP) is 16.6. The molecule has 0 unspecified atom stereocenters. The first kappa shape index (κ1) is 34.9. The number of nitrogens with zero attached hydrogens (tertiary/aromatic N) is 2. The van der Waals surface area contributed by atoms with Gasteiger partial charge >= 0.3 is 0 Å². The van der Waals surface area contributed by atoms with Gasteiger partial charge in [-0.05, 0) is 100 Å². The van der Waals surface area contributed by atoms with Crippen LogP contribution in [0.5, 0.6) is 0 Å². The molecule has 14 aromatic rings. The molecule has 4 heterocycles. The van der Waals surface area contributed by atoms with Gasteiger partial charge in [-0.2, -0.15) is 0 Å². The lowest BCUT2D eigenvalue weighted by atomic mass is 10.00. The Bertz CT molecular complexity index is 4340. The summed E-state index contributed by atoms with van der Waals surface area (Å²) in [6, 6.07) is 75.0. The highest BCUT2D eigenvalue weighted by molar-refractivity contribution is 6.15. The fourth-order valence-electron chi connectivity index (χ4n) is 11.3. The Morgan fingerprint density at radius 2 is 0.815 bits per heavy atom. The van der Waals surface area contributed by atoms with Crippen LogP contribution in [0, 0.1) is 0 Å². The van der Waals surface area contributed by atoms with Gasteiger partial charge in [0, 0.05) is 66.3 Å². The Morgan fingerprint density at radius 1 is 0.323 bits per heavy atom. The highest BCUT2D eigenvalue weighted by Gasteiger charge is 2.26. The number of benzene rings is 10. The molecular formula is C61H36N2O2. The van der Waals surface area contributed by atoms with Crippen molar-refractivity contribution in [1.82, 2.24) is 9.13 Å². The van der Waals surface area contributed by atoms with Gasteiger partial charge in [0.05, 0.1) is 27.8 Å². The summed E-state index contributed by atoms with van der Waals surface area (Å²) in [6.45, 7) is 0. The van der Waals surface area contributed by atoms with E-state index in [1.165, 1.54) is 71.6 Å². The number of hydrogen-bond donors (Lipinski definition) is 0. The van der Waals surface area contributed by atoms with Gasteiger partial charge in [0.1, 0.15) is 22.3 Å². The van der Waals surface area contributed by atoms with Crippen molar-refractivity contribution in [3.63, 3.8) is 0 Å². The van der Waals surface area contributed by atoms with Crippen molar-refractivity contribution in [2.24, 2.45) is 0 Å². The lowest BCUT2D eigenvalue weighted by Gasteiger charge is -2.14. The van der Waals surface area contributed by atoms with Gasteiger partial charge in [0.25, 0.3) is 0 Å². The molecule has 0 saturated carbocycles. The summed E-state index contributed by atoms with van der Waals surface area (Å²) in [5.41, 5.74) is 20.6. The van der Waals surface area contributed by atoms with Crippen LogP contribution in [-0.2, 0) is 6.42 Å². The van der Waals surface area contributed by atoms with E-state index in [2.05, 4.69) is 203 Å². The summed E-state index contributed by atoms with van der Waals surface area (Å²) in [5, 5.41) is 9.49. The quantitative estimate of drug-likeness (QED) is 0.177. The van der Waals surface area contributed by atoms with Gasteiger partial charge in [-0.25, -0.2) is 0 Å². The minimum absolute atomic E-state index is 0.866. The van der Waals surface area contributed by atoms with E-state index < -0.39 is 0 Å². The Morgan fingerprint density at radius 3 is 1.45 bits per heavy atom. The highest BCUT2D eigenvalue weighted by atomic mass is 16.3. The molecule has 0 aliphatic heterocycles. The summed E-state index contributed by atoms with van der Waals surface area (Å²) in [7, 11) is 0. The molecule has 302 valence electrons. The lowest BCUT2D eigenvalue weighted by molar-refractivity contribution is 0.669. The molecule has 1 aliphatic rings. The third-order valence-corrected chi connectivity index (χ3v) is 14.2. The van der Waals surface area contributed by atoms with Gasteiger partial charge in [-0.1, -0.05) is 140 Å². The Labute approximate surface area is 372 Å². The van der Waals surface area contributed by atoms with E-state index in [4.69, 9.17) is 8.83 Å². The molecule has 0 amide bonds. The minimum Gasteiger partial charge on any atom is -0.455 e. The summed E-state index contributed by atoms with van der Waals surface area (Å²) >= 11 is 0. The van der Waals surface area contributed by atoms with Crippen LogP contribution >= 0.6 is 0 Å². The van der Waals surface area contributed by atoms with E-state index in [1.54, 1.807) is 0 Å². The largest absolute Gasteiger partial charge is 0.455 e. The smallest absolute Gasteiger partial charge is 0.143 e. The standard InChI is InChI=1S/C61H36N2O2/c1-5-21-53-43(12-1)51-32-36(40-16-9-19-47-45-14-3-7-24-58(45)64-60(40)47)27-30-56(51)62(53)39-29-26-38-34-50-42(49(38)35-39)18-11-23-55(50)63-54-22-6-2-13-44(54)52-33-37(28-31-57(52)63)41-17-10-20-48-46-15-4-8-25-59(46)65-61(41)48/h1-33,35H,34H2. The van der Waals surface area contributed by atoms with E-state index in [0.717, 1.165) is 78.2 Å². The maximum atomic E-state index is 6.50. The van der Waals surface area contributed by atoms with Gasteiger partial charge < -0.3 is 18.0 Å². The van der Waals surface area contributed by atoms with Crippen molar-refractivity contribution in [3.8, 4) is 44.8 Å². The van der Waals surface area contributed by atoms with Crippen LogP contribution in [0.3, 0.4) is 0 Å². The third kappa shape index (κ3) is 4.85. The molecule has 0 saturated heterocycles. The average Bonchev–Trinajstić information content (AvgIpc) is 4.18. The second kappa shape index (κ2) is 13.0. The summed E-state index contributed by atoms with van der Waals surface area (Å²) in [6.07, 6.45) is 0.866. The first-order chi connectivity index (χ1) is 32.2. The number of hydrogen-bond acceptors (Lipinski definition) is 2. The molecule has 4 heteroatoms. The molecule has 0 atom stereocenters. The molecule has 1 aliphatic carbocycles. The monoisotopic (exact) mass is 828 g/mol. The van der Waals surface area contributed by atoms with E-state index in [0.29, 0.717) is 0 Å². The molecule has 0 radical (unpaired) electrons. The Balaban J connectivity index is 0.863. The molecule has 0 bridgehead atoms. The van der Waals surface area contributed by atoms with E-state index in [1.807, 2.05) is 12.1 Å². The van der Waals surface area contributed by atoms with Crippen LogP contribution in [-0.4, -0.2) is 9.13 Å². The second-order valence-corrected chi connectivity index (χ2v) is 17.6. The van der Waals surface area contributed by atoms with Crippen molar-refractivity contribution < 1.29 is 8.83 Å². The molecule has 4 nitrogen and oxygen atoms in total. The zero-order valence-electron chi connectivity index (χ0n) is 35.0. The number of para-hydroxylation sites is 6. The van der Waals surface area contributed by atoms with Crippen molar-refractivity contribution >= 4 is 87.5 Å². The first-order valence-corrected chi connectivity index (χ1v) is 22.4. The topological polar surface area (TPSA) is 36.1 Å². The van der Waals surface area contributed by atoms with E-state index >= 15 is 0 Å². The van der Waals surface area contributed by atoms with Crippen molar-refractivity contribution in [2.75, 3.05) is 0 Å². The Hall–Kier alpha value is -8.60. The minimum atomic E-state index is 0.866. The molecule has 15 rings (SSSR count). The molecule has 10 aromatic carbocycles. The SMILES string of the molecule is c1cc2c(c(-n3c4ccccc4c4cc(-c5cccc6c5oc5ccccc56)ccc43)c1)Cc1ccc(-n3c4ccccc4c4cc(-c5cccc6c5oc5ccccc56)ccc43)cc1-2. The van der Waals surface area contributed by atoms with Crippen LogP contribution in [0.15, 0.2) is 215 Å². The molecule has 65 heavy (non-hydrogen) atoms. The highest BCUT2D eigenvalue weighted by Crippen LogP contribution is 2.46.